The van der Waals surface area contributed by atoms with Crippen molar-refractivity contribution in [3.63, 3.8) is 0 Å². The minimum Gasteiger partial charge on any atom is -0.463 e. The Labute approximate surface area is 178 Å². The van der Waals surface area contributed by atoms with Gasteiger partial charge in [0.25, 0.3) is 0 Å². The van der Waals surface area contributed by atoms with Crippen LogP contribution in [0.4, 0.5) is 5.82 Å². The summed E-state index contributed by atoms with van der Waals surface area (Å²) in [5.74, 6) is -0.357. The zero-order valence-corrected chi connectivity index (χ0v) is 17.4. The van der Waals surface area contributed by atoms with Crippen LogP contribution >= 0.6 is 0 Å². The summed E-state index contributed by atoms with van der Waals surface area (Å²) >= 11 is 0. The highest BCUT2D eigenvalue weighted by atomic mass is 16.6. The Balaban J connectivity index is 1.67. The third-order valence-corrected chi connectivity index (χ3v) is 5.43. The van der Waals surface area contributed by atoms with Gasteiger partial charge >= 0.3 is 11.9 Å². The highest BCUT2D eigenvalue weighted by Crippen LogP contribution is 2.35. The van der Waals surface area contributed by atoms with E-state index in [-0.39, 0.29) is 18.5 Å². The molecule has 164 valence electrons. The maximum Gasteiger partial charge on any atom is 0.303 e. The number of ether oxygens (including phenoxy) is 3. The molecule has 1 aliphatic carbocycles. The maximum atomic E-state index is 11.6. The van der Waals surface area contributed by atoms with Crippen LogP contribution in [0.3, 0.4) is 0 Å². The molecule has 31 heavy (non-hydrogen) atoms. The van der Waals surface area contributed by atoms with Crippen molar-refractivity contribution in [1.82, 2.24) is 19.5 Å². The van der Waals surface area contributed by atoms with Gasteiger partial charge in [-0.15, -0.1) is 0 Å². The standard InChI is InChI=1S/C20H24N6O5/c1-11(27)29-9-14-7-15(30-12(2)28)20(31-14)26-10-22-17-18(23-13-5-3-4-6-13)24-16(8-21)25-19(17)26/h10,13-15,20H,3-7,9H2,1-2H3,(H,23,24,25)/t14-,15+,20+/m0/s1. The Morgan fingerprint density at radius 3 is 2.74 bits per heavy atom. The second-order valence-corrected chi connectivity index (χ2v) is 7.79. The minimum absolute atomic E-state index is 0.00763. The summed E-state index contributed by atoms with van der Waals surface area (Å²) in [7, 11) is 0. The molecule has 0 spiro atoms. The summed E-state index contributed by atoms with van der Waals surface area (Å²) in [6, 6.07) is 2.27. The lowest BCUT2D eigenvalue weighted by Gasteiger charge is -2.20. The van der Waals surface area contributed by atoms with E-state index in [9.17, 15) is 14.9 Å². The molecule has 0 unspecified atom stereocenters. The number of carbonyl (C=O) groups excluding carboxylic acids is 2. The van der Waals surface area contributed by atoms with E-state index in [1.54, 1.807) is 4.57 Å². The number of carbonyl (C=O) groups is 2. The number of nitrogens with zero attached hydrogens (tertiary/aromatic N) is 5. The topological polar surface area (TPSA) is 141 Å². The number of nitriles is 1. The van der Waals surface area contributed by atoms with Gasteiger partial charge < -0.3 is 19.5 Å². The molecule has 0 aromatic carbocycles. The molecule has 4 rings (SSSR count). The Kier molecular flexibility index (Phi) is 5.99. The first-order valence-electron chi connectivity index (χ1n) is 10.3. The Hall–Kier alpha value is -3.26. The average Bonchev–Trinajstić information content (AvgIpc) is 3.45. The number of imidazole rings is 1. The van der Waals surface area contributed by atoms with Gasteiger partial charge in [0.15, 0.2) is 23.2 Å². The van der Waals surface area contributed by atoms with Crippen molar-refractivity contribution in [2.75, 3.05) is 11.9 Å². The second-order valence-electron chi connectivity index (χ2n) is 7.79. The maximum absolute atomic E-state index is 11.6. The molecule has 3 atom stereocenters. The minimum atomic E-state index is -0.727. The zero-order chi connectivity index (χ0) is 22.0. The molecule has 1 N–H and O–H groups in total. The average molecular weight is 428 g/mol. The Morgan fingerprint density at radius 2 is 2.06 bits per heavy atom. The number of hydrogen-bond donors (Lipinski definition) is 1. The summed E-state index contributed by atoms with van der Waals surface area (Å²) in [5.41, 5.74) is 0.918. The number of fused-ring (bicyclic) bond motifs is 1. The molecule has 1 saturated heterocycles. The first kappa shape index (κ1) is 21.0. The van der Waals surface area contributed by atoms with Gasteiger partial charge in [-0.05, 0) is 12.8 Å². The molecular weight excluding hydrogens is 404 g/mol. The fourth-order valence-corrected chi connectivity index (χ4v) is 4.11. The van der Waals surface area contributed by atoms with Crippen molar-refractivity contribution in [3.05, 3.63) is 12.2 Å². The molecule has 11 nitrogen and oxygen atoms in total. The lowest BCUT2D eigenvalue weighted by Crippen LogP contribution is -2.24. The third kappa shape index (κ3) is 4.59. The number of rotatable bonds is 6. The Bertz CT molecular complexity index is 1020. The monoisotopic (exact) mass is 428 g/mol. The Morgan fingerprint density at radius 1 is 1.29 bits per heavy atom. The van der Waals surface area contributed by atoms with Crippen LogP contribution in [0.25, 0.3) is 11.2 Å². The van der Waals surface area contributed by atoms with Crippen LogP contribution in [-0.4, -0.2) is 56.3 Å². The van der Waals surface area contributed by atoms with E-state index in [2.05, 4.69) is 20.3 Å². The van der Waals surface area contributed by atoms with Gasteiger partial charge in [-0.25, -0.2) is 4.98 Å². The molecule has 2 aromatic rings. The molecule has 0 amide bonds. The molecule has 0 bridgehead atoms. The van der Waals surface area contributed by atoms with Crippen LogP contribution in [0.5, 0.6) is 0 Å². The van der Waals surface area contributed by atoms with Crippen LogP contribution in [0, 0.1) is 11.3 Å². The predicted molar refractivity (Wildman–Crippen MR) is 107 cm³/mol. The fraction of sp³-hybridized carbons (Fsp3) is 0.600. The summed E-state index contributed by atoms with van der Waals surface area (Å²) in [6.07, 6.45) is 4.44. The highest BCUT2D eigenvalue weighted by molar-refractivity contribution is 5.83. The van der Waals surface area contributed by atoms with E-state index < -0.39 is 30.4 Å². The van der Waals surface area contributed by atoms with Crippen LogP contribution in [0.15, 0.2) is 6.33 Å². The van der Waals surface area contributed by atoms with Crippen LogP contribution in [-0.2, 0) is 23.8 Å². The number of esters is 2. The summed E-state index contributed by atoms with van der Waals surface area (Å²) < 4.78 is 18.2. The lowest BCUT2D eigenvalue weighted by atomic mass is 10.2. The number of anilines is 1. The van der Waals surface area contributed by atoms with E-state index in [0.717, 1.165) is 25.7 Å². The molecule has 1 saturated carbocycles. The van der Waals surface area contributed by atoms with E-state index in [1.807, 2.05) is 6.07 Å². The lowest BCUT2D eigenvalue weighted by molar-refractivity contribution is -0.152. The van der Waals surface area contributed by atoms with Gasteiger partial charge in [0.1, 0.15) is 18.8 Å². The normalized spacial score (nSPS) is 23.6. The molecule has 11 heteroatoms. The van der Waals surface area contributed by atoms with Crippen LogP contribution in [0.2, 0.25) is 0 Å². The second kappa shape index (κ2) is 8.85. The van der Waals surface area contributed by atoms with Gasteiger partial charge in [0.2, 0.25) is 5.82 Å². The van der Waals surface area contributed by atoms with Crippen LogP contribution < -0.4 is 5.32 Å². The molecule has 2 aliphatic rings. The van der Waals surface area contributed by atoms with Gasteiger partial charge in [-0.3, -0.25) is 14.2 Å². The SMILES string of the molecule is CC(=O)OC[C@@H]1C[C@@H](OC(C)=O)[C@H](n2cnc3c(NC4CCCC4)nc(C#N)nc32)O1. The van der Waals surface area contributed by atoms with E-state index >= 15 is 0 Å². The smallest absolute Gasteiger partial charge is 0.303 e. The molecular formula is C20H24N6O5. The number of hydrogen-bond acceptors (Lipinski definition) is 10. The number of aromatic nitrogens is 4. The molecule has 3 heterocycles. The van der Waals surface area contributed by atoms with Crippen molar-refractivity contribution >= 4 is 28.9 Å². The third-order valence-electron chi connectivity index (χ3n) is 5.43. The largest absolute Gasteiger partial charge is 0.463 e. The van der Waals surface area contributed by atoms with E-state index in [0.29, 0.717) is 23.4 Å². The van der Waals surface area contributed by atoms with Gasteiger partial charge in [-0.1, -0.05) is 12.8 Å². The molecule has 1 aliphatic heterocycles. The van der Waals surface area contributed by atoms with E-state index in [4.69, 9.17) is 14.2 Å². The molecule has 2 fully saturated rings. The molecule has 0 radical (unpaired) electrons. The van der Waals surface area contributed by atoms with Crippen LogP contribution in [0.1, 0.15) is 58.0 Å². The van der Waals surface area contributed by atoms with E-state index in [1.165, 1.54) is 20.2 Å². The first-order valence-corrected chi connectivity index (χ1v) is 10.3. The van der Waals surface area contributed by atoms with Gasteiger partial charge in [0.05, 0.1) is 12.4 Å². The van der Waals surface area contributed by atoms with Crippen molar-refractivity contribution in [2.45, 2.75) is 70.4 Å². The van der Waals surface area contributed by atoms with Crippen molar-refractivity contribution in [2.24, 2.45) is 0 Å². The van der Waals surface area contributed by atoms with Gasteiger partial charge in [-0.2, -0.15) is 15.2 Å². The van der Waals surface area contributed by atoms with Gasteiger partial charge in [0, 0.05) is 26.3 Å². The van der Waals surface area contributed by atoms with Crippen molar-refractivity contribution < 1.29 is 23.8 Å². The summed E-state index contributed by atoms with van der Waals surface area (Å²) in [5, 5.41) is 12.8. The van der Waals surface area contributed by atoms with Crippen molar-refractivity contribution in [1.29, 1.82) is 5.26 Å². The molecule has 2 aromatic heterocycles. The fourth-order valence-electron chi connectivity index (χ4n) is 4.11. The summed E-state index contributed by atoms with van der Waals surface area (Å²) in [6.45, 7) is 2.68. The quantitative estimate of drug-likeness (QED) is 0.677. The predicted octanol–water partition coefficient (Wildman–Crippen LogP) is 1.83. The highest BCUT2D eigenvalue weighted by Gasteiger charge is 2.40. The number of nitrogens with one attached hydrogen (secondary N) is 1. The first-order chi connectivity index (χ1) is 14.9. The van der Waals surface area contributed by atoms with Crippen molar-refractivity contribution in [3.8, 4) is 6.07 Å². The zero-order valence-electron chi connectivity index (χ0n) is 17.4. The summed E-state index contributed by atoms with van der Waals surface area (Å²) in [4.78, 5) is 35.9.